The molecular weight excluding hydrogens is 232 g/mol. The minimum atomic E-state index is -0.328. The molecule has 0 saturated carbocycles. The van der Waals surface area contributed by atoms with E-state index in [1.54, 1.807) is 25.2 Å². The van der Waals surface area contributed by atoms with Gasteiger partial charge in [-0.25, -0.2) is 0 Å². The van der Waals surface area contributed by atoms with E-state index in [1.165, 1.54) is 4.90 Å². The predicted molar refractivity (Wildman–Crippen MR) is 61.1 cm³/mol. The van der Waals surface area contributed by atoms with Gasteiger partial charge in [0.05, 0.1) is 11.6 Å². The van der Waals surface area contributed by atoms with Gasteiger partial charge in [0.25, 0.3) is 11.7 Å². The van der Waals surface area contributed by atoms with Crippen LogP contribution in [0.15, 0.2) is 24.3 Å². The molecule has 0 unspecified atom stereocenters. The highest BCUT2D eigenvalue weighted by atomic mass is 16.2. The van der Waals surface area contributed by atoms with Crippen LogP contribution in [0.3, 0.4) is 0 Å². The second-order valence-electron chi connectivity index (χ2n) is 3.71. The molecule has 7 nitrogen and oxygen atoms in total. The molecule has 1 heterocycles. The van der Waals surface area contributed by atoms with E-state index >= 15 is 0 Å². The summed E-state index contributed by atoms with van der Waals surface area (Å²) in [7, 11) is 1.64. The zero-order valence-corrected chi connectivity index (χ0v) is 9.66. The highest BCUT2D eigenvalue weighted by Crippen LogP contribution is 2.08. The molecule has 0 saturated heterocycles. The van der Waals surface area contributed by atoms with Gasteiger partial charge in [-0.1, -0.05) is 12.1 Å². The van der Waals surface area contributed by atoms with Gasteiger partial charge < -0.3 is 4.90 Å². The molecule has 0 bridgehead atoms. The number of benzene rings is 1. The molecule has 7 heteroatoms. The normalized spacial score (nSPS) is 9.78. The first kappa shape index (κ1) is 11.7. The molecule has 0 atom stereocenters. The van der Waals surface area contributed by atoms with Crippen LogP contribution in [0, 0.1) is 11.3 Å². The zero-order chi connectivity index (χ0) is 13.0. The molecule has 0 radical (unpaired) electrons. The Hall–Kier alpha value is -2.75. The maximum absolute atomic E-state index is 11.8. The van der Waals surface area contributed by atoms with Crippen molar-refractivity contribution in [2.24, 2.45) is 0 Å². The number of aromatic nitrogens is 4. The summed E-state index contributed by atoms with van der Waals surface area (Å²) < 4.78 is 0. The van der Waals surface area contributed by atoms with Gasteiger partial charge in [-0.15, -0.1) is 10.2 Å². The Bertz CT molecular complexity index is 586. The van der Waals surface area contributed by atoms with Crippen LogP contribution in [0.4, 0.5) is 0 Å². The van der Waals surface area contributed by atoms with Crippen LogP contribution in [0.5, 0.6) is 0 Å². The van der Waals surface area contributed by atoms with Gasteiger partial charge in [0.2, 0.25) is 0 Å². The van der Waals surface area contributed by atoms with E-state index in [2.05, 4.69) is 26.7 Å². The Kier molecular flexibility index (Phi) is 3.29. The number of carbonyl (C=O) groups is 1. The fourth-order valence-electron chi connectivity index (χ4n) is 1.51. The maximum Gasteiger partial charge on any atom is 0.295 e. The lowest BCUT2D eigenvalue weighted by Crippen LogP contribution is -2.27. The molecule has 90 valence electrons. The highest BCUT2D eigenvalue weighted by Gasteiger charge is 2.16. The molecule has 0 aliphatic carbocycles. The van der Waals surface area contributed by atoms with Crippen molar-refractivity contribution in [3.63, 3.8) is 0 Å². The molecule has 0 fully saturated rings. The number of carbonyl (C=O) groups excluding carboxylic acids is 1. The van der Waals surface area contributed by atoms with Crippen molar-refractivity contribution in [1.82, 2.24) is 25.5 Å². The lowest BCUT2D eigenvalue weighted by atomic mass is 10.1. The number of hydrogen-bond acceptors (Lipinski definition) is 5. The van der Waals surface area contributed by atoms with Crippen LogP contribution >= 0.6 is 0 Å². The fraction of sp³-hybridized carbons (Fsp3) is 0.182. The number of H-pyrrole nitrogens is 1. The highest BCUT2D eigenvalue weighted by molar-refractivity contribution is 5.89. The van der Waals surface area contributed by atoms with E-state index in [9.17, 15) is 4.79 Å². The van der Waals surface area contributed by atoms with Crippen molar-refractivity contribution in [2.75, 3.05) is 7.05 Å². The van der Waals surface area contributed by atoms with Gasteiger partial charge in [0.1, 0.15) is 0 Å². The number of aromatic amines is 1. The third kappa shape index (κ3) is 2.49. The SMILES string of the molecule is CN(Cc1cccc(C#N)c1)C(=O)c1nn[nH]n1. The summed E-state index contributed by atoms with van der Waals surface area (Å²) in [5.74, 6) is -0.306. The summed E-state index contributed by atoms with van der Waals surface area (Å²) >= 11 is 0. The van der Waals surface area contributed by atoms with Crippen LogP contribution in [-0.4, -0.2) is 38.5 Å². The summed E-state index contributed by atoms with van der Waals surface area (Å²) in [5, 5.41) is 21.6. The lowest BCUT2D eigenvalue weighted by Gasteiger charge is -2.15. The standard InChI is InChI=1S/C11H10N6O/c1-17(11(18)10-13-15-16-14-10)7-9-4-2-3-8(5-9)6-12/h2-5H,7H2,1H3,(H,13,14,15,16). The molecule has 1 aromatic carbocycles. The predicted octanol–water partition coefficient (Wildman–Crippen LogP) is 0.344. The van der Waals surface area contributed by atoms with Gasteiger partial charge in [0.15, 0.2) is 0 Å². The molecule has 1 N–H and O–H groups in total. The Labute approximate surface area is 103 Å². The van der Waals surface area contributed by atoms with Crippen molar-refractivity contribution in [3.05, 3.63) is 41.2 Å². The first-order valence-electron chi connectivity index (χ1n) is 5.18. The summed E-state index contributed by atoms with van der Waals surface area (Å²) in [6, 6.07) is 9.13. The Morgan fingerprint density at radius 1 is 1.56 bits per heavy atom. The number of nitriles is 1. The number of hydrogen-bond donors (Lipinski definition) is 1. The number of amides is 1. The molecule has 18 heavy (non-hydrogen) atoms. The van der Waals surface area contributed by atoms with Crippen LogP contribution in [0.1, 0.15) is 21.7 Å². The molecule has 0 spiro atoms. The van der Waals surface area contributed by atoms with E-state index in [-0.39, 0.29) is 11.7 Å². The minimum absolute atomic E-state index is 0.0222. The van der Waals surface area contributed by atoms with E-state index in [4.69, 9.17) is 5.26 Å². The van der Waals surface area contributed by atoms with Crippen molar-refractivity contribution < 1.29 is 4.79 Å². The average molecular weight is 242 g/mol. The molecule has 1 aromatic heterocycles. The summed E-state index contributed by atoms with van der Waals surface area (Å²) in [5.41, 5.74) is 1.43. The lowest BCUT2D eigenvalue weighted by molar-refractivity contribution is 0.0773. The monoisotopic (exact) mass is 242 g/mol. The van der Waals surface area contributed by atoms with Crippen LogP contribution < -0.4 is 0 Å². The van der Waals surface area contributed by atoms with E-state index in [0.717, 1.165) is 5.56 Å². The molecule has 1 amide bonds. The Morgan fingerprint density at radius 2 is 2.39 bits per heavy atom. The summed E-state index contributed by atoms with van der Waals surface area (Å²) in [4.78, 5) is 13.3. The molecular formula is C11H10N6O. The number of tetrazole rings is 1. The number of nitrogens with zero attached hydrogens (tertiary/aromatic N) is 5. The topological polar surface area (TPSA) is 98.6 Å². The van der Waals surface area contributed by atoms with Crippen molar-refractivity contribution in [1.29, 1.82) is 5.26 Å². The van der Waals surface area contributed by atoms with E-state index in [1.807, 2.05) is 6.07 Å². The van der Waals surface area contributed by atoms with E-state index in [0.29, 0.717) is 12.1 Å². The molecule has 2 rings (SSSR count). The fourth-order valence-corrected chi connectivity index (χ4v) is 1.51. The van der Waals surface area contributed by atoms with Gasteiger partial charge in [-0.2, -0.15) is 10.5 Å². The third-order valence-electron chi connectivity index (χ3n) is 2.36. The number of rotatable bonds is 3. The van der Waals surface area contributed by atoms with Crippen LogP contribution in [0.2, 0.25) is 0 Å². The van der Waals surface area contributed by atoms with Crippen LogP contribution in [0.25, 0.3) is 0 Å². The van der Waals surface area contributed by atoms with Gasteiger partial charge in [-0.3, -0.25) is 4.79 Å². The van der Waals surface area contributed by atoms with E-state index < -0.39 is 0 Å². The third-order valence-corrected chi connectivity index (χ3v) is 2.36. The van der Waals surface area contributed by atoms with Crippen LogP contribution in [-0.2, 0) is 6.54 Å². The summed E-state index contributed by atoms with van der Waals surface area (Å²) in [6.45, 7) is 0.378. The van der Waals surface area contributed by atoms with Crippen molar-refractivity contribution >= 4 is 5.91 Å². The quantitative estimate of drug-likeness (QED) is 0.836. The van der Waals surface area contributed by atoms with Crippen molar-refractivity contribution in [3.8, 4) is 6.07 Å². The second-order valence-corrected chi connectivity index (χ2v) is 3.71. The Balaban J connectivity index is 2.09. The number of nitrogens with one attached hydrogen (secondary N) is 1. The molecule has 0 aliphatic rings. The second kappa shape index (κ2) is 5.05. The molecule has 2 aromatic rings. The van der Waals surface area contributed by atoms with Crippen molar-refractivity contribution in [2.45, 2.75) is 6.54 Å². The maximum atomic E-state index is 11.8. The Morgan fingerprint density at radius 3 is 3.06 bits per heavy atom. The first-order chi connectivity index (χ1) is 8.70. The van der Waals surface area contributed by atoms with Gasteiger partial charge in [0, 0.05) is 13.6 Å². The smallest absolute Gasteiger partial charge is 0.295 e. The average Bonchev–Trinajstić information content (AvgIpc) is 2.92. The largest absolute Gasteiger partial charge is 0.335 e. The zero-order valence-electron chi connectivity index (χ0n) is 9.66. The molecule has 0 aliphatic heterocycles. The van der Waals surface area contributed by atoms with Gasteiger partial charge in [-0.05, 0) is 22.9 Å². The van der Waals surface area contributed by atoms with Gasteiger partial charge >= 0.3 is 0 Å². The summed E-state index contributed by atoms with van der Waals surface area (Å²) in [6.07, 6.45) is 0. The first-order valence-corrected chi connectivity index (χ1v) is 5.18. The minimum Gasteiger partial charge on any atom is -0.335 e.